The molecule has 1 aliphatic heterocycles. The van der Waals surface area contributed by atoms with Gasteiger partial charge in [0, 0.05) is 6.61 Å². The van der Waals surface area contributed by atoms with Gasteiger partial charge in [-0.25, -0.2) is 0 Å². The van der Waals surface area contributed by atoms with E-state index in [4.69, 9.17) is 15.2 Å². The van der Waals surface area contributed by atoms with Crippen LogP contribution in [-0.4, -0.2) is 30.8 Å². The topological polar surface area (TPSA) is 69.4 Å². The third-order valence-corrected chi connectivity index (χ3v) is 2.72. The van der Waals surface area contributed by atoms with Crippen LogP contribution in [0.3, 0.4) is 0 Å². The van der Waals surface area contributed by atoms with Gasteiger partial charge in [-0.1, -0.05) is 13.8 Å². The molecule has 0 aliphatic carbocycles. The summed E-state index contributed by atoms with van der Waals surface area (Å²) < 4.78 is 10.9. The molecule has 1 aliphatic rings. The maximum absolute atomic E-state index is 5.84. The van der Waals surface area contributed by atoms with Crippen LogP contribution in [0.2, 0.25) is 0 Å². The minimum atomic E-state index is 0.332. The number of anilines is 2. The lowest BCUT2D eigenvalue weighted by molar-refractivity contribution is 0.195. The first-order valence-corrected chi connectivity index (χ1v) is 6.38. The Balaban J connectivity index is 2.00. The summed E-state index contributed by atoms with van der Waals surface area (Å²) in [7, 11) is 0. The van der Waals surface area contributed by atoms with Crippen LogP contribution >= 0.6 is 0 Å². The van der Waals surface area contributed by atoms with Crippen molar-refractivity contribution < 1.29 is 9.47 Å². The Morgan fingerprint density at radius 3 is 3.06 bits per heavy atom. The van der Waals surface area contributed by atoms with Crippen LogP contribution in [-0.2, 0) is 4.74 Å². The summed E-state index contributed by atoms with van der Waals surface area (Å²) in [6.07, 6.45) is 1.01. The van der Waals surface area contributed by atoms with Gasteiger partial charge in [-0.15, -0.1) is 0 Å². The van der Waals surface area contributed by atoms with Crippen LogP contribution in [0.15, 0.2) is 12.1 Å². The highest BCUT2D eigenvalue weighted by Gasteiger charge is 2.16. The van der Waals surface area contributed by atoms with Crippen molar-refractivity contribution in [3.63, 3.8) is 0 Å². The monoisotopic (exact) mass is 251 g/mol. The molecule has 18 heavy (non-hydrogen) atoms. The van der Waals surface area contributed by atoms with E-state index in [2.05, 4.69) is 24.1 Å². The Bertz CT molecular complexity index is 390. The van der Waals surface area contributed by atoms with Crippen LogP contribution in [0.1, 0.15) is 20.3 Å². The molecule has 1 fully saturated rings. The van der Waals surface area contributed by atoms with Gasteiger partial charge in [-0.05, 0) is 24.5 Å². The van der Waals surface area contributed by atoms with E-state index in [1.807, 2.05) is 12.1 Å². The average Bonchev–Trinajstić information content (AvgIpc) is 2.82. The SMILES string of the molecule is CC(C)COc1nc(NC2CCOC2)ccc1N. The quantitative estimate of drug-likeness (QED) is 0.836. The highest BCUT2D eigenvalue weighted by atomic mass is 16.5. The lowest BCUT2D eigenvalue weighted by Gasteiger charge is -2.14. The van der Waals surface area contributed by atoms with E-state index >= 15 is 0 Å². The zero-order chi connectivity index (χ0) is 13.0. The number of nitrogen functional groups attached to an aromatic ring is 1. The minimum absolute atomic E-state index is 0.332. The van der Waals surface area contributed by atoms with E-state index in [1.54, 1.807) is 0 Å². The summed E-state index contributed by atoms with van der Waals surface area (Å²) in [5.41, 5.74) is 6.42. The molecule has 0 aromatic carbocycles. The van der Waals surface area contributed by atoms with Gasteiger partial charge >= 0.3 is 0 Å². The summed E-state index contributed by atoms with van der Waals surface area (Å²) in [5, 5.41) is 3.32. The van der Waals surface area contributed by atoms with Crippen LogP contribution in [0.5, 0.6) is 5.88 Å². The second-order valence-electron chi connectivity index (χ2n) is 5.00. The maximum atomic E-state index is 5.84. The molecule has 5 heteroatoms. The molecular formula is C13H21N3O2. The van der Waals surface area contributed by atoms with Crippen LogP contribution in [0.25, 0.3) is 0 Å². The molecule has 5 nitrogen and oxygen atoms in total. The molecule has 0 saturated carbocycles. The standard InChI is InChI=1S/C13H21N3O2/c1-9(2)7-18-13-11(14)3-4-12(16-13)15-10-5-6-17-8-10/h3-4,9-10H,5-8,14H2,1-2H3,(H,15,16). The van der Waals surface area contributed by atoms with Crippen molar-refractivity contribution in [3.05, 3.63) is 12.1 Å². The normalized spacial score (nSPS) is 19.2. The molecule has 0 spiro atoms. The Morgan fingerprint density at radius 2 is 2.39 bits per heavy atom. The fourth-order valence-corrected chi connectivity index (χ4v) is 1.75. The Hall–Kier alpha value is -1.49. The van der Waals surface area contributed by atoms with E-state index in [0.29, 0.717) is 30.1 Å². The predicted molar refractivity (Wildman–Crippen MR) is 71.8 cm³/mol. The largest absolute Gasteiger partial charge is 0.476 e. The molecule has 1 unspecified atom stereocenters. The van der Waals surface area contributed by atoms with Crippen LogP contribution in [0.4, 0.5) is 11.5 Å². The number of nitrogens with one attached hydrogen (secondary N) is 1. The van der Waals surface area contributed by atoms with E-state index in [9.17, 15) is 0 Å². The van der Waals surface area contributed by atoms with Gasteiger partial charge in [0.1, 0.15) is 5.82 Å². The number of hydrogen-bond acceptors (Lipinski definition) is 5. The Kier molecular flexibility index (Phi) is 4.25. The lowest BCUT2D eigenvalue weighted by atomic mass is 10.2. The summed E-state index contributed by atoms with van der Waals surface area (Å²) in [4.78, 5) is 4.39. The van der Waals surface area contributed by atoms with E-state index in [1.165, 1.54) is 0 Å². The first-order chi connectivity index (χ1) is 8.65. The summed E-state index contributed by atoms with van der Waals surface area (Å²) >= 11 is 0. The highest BCUT2D eigenvalue weighted by Crippen LogP contribution is 2.22. The molecule has 1 aromatic rings. The van der Waals surface area contributed by atoms with E-state index < -0.39 is 0 Å². The number of nitrogens with two attached hydrogens (primary N) is 1. The van der Waals surface area contributed by atoms with Gasteiger partial charge in [-0.3, -0.25) is 0 Å². The molecule has 3 N–H and O–H groups in total. The number of ether oxygens (including phenoxy) is 2. The third kappa shape index (κ3) is 3.50. The molecule has 1 saturated heterocycles. The number of nitrogens with zero attached hydrogens (tertiary/aromatic N) is 1. The van der Waals surface area contributed by atoms with Gasteiger partial charge in [0.15, 0.2) is 0 Å². The maximum Gasteiger partial charge on any atom is 0.239 e. The molecule has 2 rings (SSSR count). The summed E-state index contributed by atoms with van der Waals surface area (Å²) in [6.45, 7) is 6.34. The molecular weight excluding hydrogens is 230 g/mol. The van der Waals surface area contributed by atoms with Gasteiger partial charge in [0.2, 0.25) is 5.88 Å². The second kappa shape index (κ2) is 5.91. The fraction of sp³-hybridized carbons (Fsp3) is 0.615. The molecule has 0 bridgehead atoms. The highest BCUT2D eigenvalue weighted by molar-refractivity contribution is 5.53. The van der Waals surface area contributed by atoms with Crippen molar-refractivity contribution >= 4 is 11.5 Å². The van der Waals surface area contributed by atoms with E-state index in [0.717, 1.165) is 25.5 Å². The first kappa shape index (κ1) is 13.0. The van der Waals surface area contributed by atoms with Crippen LogP contribution in [0, 0.1) is 5.92 Å². The smallest absolute Gasteiger partial charge is 0.239 e. The van der Waals surface area contributed by atoms with Gasteiger partial charge in [0.25, 0.3) is 0 Å². The van der Waals surface area contributed by atoms with Gasteiger partial charge < -0.3 is 20.5 Å². The Labute approximate surface area is 108 Å². The molecule has 100 valence electrons. The number of pyridine rings is 1. The zero-order valence-electron chi connectivity index (χ0n) is 11.0. The first-order valence-electron chi connectivity index (χ1n) is 6.38. The van der Waals surface area contributed by atoms with Crippen molar-refractivity contribution in [1.29, 1.82) is 0 Å². The van der Waals surface area contributed by atoms with Crippen molar-refractivity contribution in [3.8, 4) is 5.88 Å². The van der Waals surface area contributed by atoms with E-state index in [-0.39, 0.29) is 0 Å². The number of aromatic nitrogens is 1. The van der Waals surface area contributed by atoms with Gasteiger partial charge in [0.05, 0.1) is 24.9 Å². The zero-order valence-corrected chi connectivity index (χ0v) is 11.0. The molecule has 0 amide bonds. The predicted octanol–water partition coefficient (Wildman–Crippen LogP) is 1.90. The lowest BCUT2D eigenvalue weighted by Crippen LogP contribution is -2.20. The summed E-state index contributed by atoms with van der Waals surface area (Å²) in [5.74, 6) is 1.75. The van der Waals surface area contributed by atoms with Crippen molar-refractivity contribution in [2.24, 2.45) is 5.92 Å². The van der Waals surface area contributed by atoms with Crippen molar-refractivity contribution in [1.82, 2.24) is 4.98 Å². The molecule has 2 heterocycles. The van der Waals surface area contributed by atoms with Crippen molar-refractivity contribution in [2.75, 3.05) is 30.9 Å². The molecule has 0 radical (unpaired) electrons. The third-order valence-electron chi connectivity index (χ3n) is 2.72. The molecule has 1 aromatic heterocycles. The summed E-state index contributed by atoms with van der Waals surface area (Å²) in [6, 6.07) is 4.02. The number of rotatable bonds is 5. The molecule has 1 atom stereocenters. The van der Waals surface area contributed by atoms with Gasteiger partial charge in [-0.2, -0.15) is 4.98 Å². The average molecular weight is 251 g/mol. The second-order valence-corrected chi connectivity index (χ2v) is 5.00. The minimum Gasteiger partial charge on any atom is -0.476 e. The van der Waals surface area contributed by atoms with Crippen molar-refractivity contribution in [2.45, 2.75) is 26.3 Å². The van der Waals surface area contributed by atoms with Crippen LogP contribution < -0.4 is 15.8 Å². The fourth-order valence-electron chi connectivity index (χ4n) is 1.75. The number of hydrogen-bond donors (Lipinski definition) is 2. The Morgan fingerprint density at radius 1 is 1.56 bits per heavy atom.